The Balaban J connectivity index is 1.33. The number of amides is 1. The van der Waals surface area contributed by atoms with Gasteiger partial charge in [-0.1, -0.05) is 31.5 Å². The molecule has 2 heterocycles. The minimum Gasteiger partial charge on any atom is -0.416 e. The van der Waals surface area contributed by atoms with Gasteiger partial charge in [0.15, 0.2) is 0 Å². The van der Waals surface area contributed by atoms with Gasteiger partial charge in [-0.15, -0.1) is 10.2 Å². The van der Waals surface area contributed by atoms with Crippen LogP contribution in [0.1, 0.15) is 42.1 Å². The number of nitrogens with zero attached hydrogens (tertiary/aromatic N) is 3. The highest BCUT2D eigenvalue weighted by molar-refractivity contribution is 5.94. The van der Waals surface area contributed by atoms with Gasteiger partial charge in [-0.2, -0.15) is 0 Å². The van der Waals surface area contributed by atoms with Crippen molar-refractivity contribution in [3.8, 4) is 22.9 Å². The molecular weight excluding hydrogens is 388 g/mol. The Kier molecular flexibility index (Phi) is 6.77. The Morgan fingerprint density at radius 3 is 2.48 bits per heavy atom. The van der Waals surface area contributed by atoms with Gasteiger partial charge in [0.2, 0.25) is 11.8 Å². The van der Waals surface area contributed by atoms with Crippen molar-refractivity contribution in [2.75, 3.05) is 26.2 Å². The number of carbonyl (C=O) groups excluding carboxylic acids is 1. The number of aryl methyl sites for hydroxylation is 1. The molecule has 162 valence electrons. The molecule has 1 fully saturated rings. The molecule has 0 spiro atoms. The quantitative estimate of drug-likeness (QED) is 0.609. The van der Waals surface area contributed by atoms with Crippen LogP contribution >= 0.6 is 0 Å². The molecule has 1 atom stereocenters. The lowest BCUT2D eigenvalue weighted by molar-refractivity contribution is 0.0942. The number of nitrogens with one attached hydrogen (secondary N) is 1. The molecule has 1 N–H and O–H groups in total. The number of likely N-dealkylation sites (tertiary alicyclic amines) is 1. The van der Waals surface area contributed by atoms with Crippen molar-refractivity contribution in [2.24, 2.45) is 5.92 Å². The van der Waals surface area contributed by atoms with Crippen molar-refractivity contribution >= 4 is 5.91 Å². The Morgan fingerprint density at radius 1 is 1.03 bits per heavy atom. The molecule has 1 unspecified atom stereocenters. The van der Waals surface area contributed by atoms with Crippen molar-refractivity contribution in [3.63, 3.8) is 0 Å². The molecule has 0 saturated carbocycles. The molecule has 6 nitrogen and oxygen atoms in total. The van der Waals surface area contributed by atoms with Crippen LogP contribution in [0.5, 0.6) is 0 Å². The SMILES string of the molecule is Cc1ccccc1-c1nnc(-c2ccc(C(=O)NCC(C)CN3CCCCC3)cc2)o1. The highest BCUT2D eigenvalue weighted by atomic mass is 16.4. The summed E-state index contributed by atoms with van der Waals surface area (Å²) >= 11 is 0. The lowest BCUT2D eigenvalue weighted by atomic mass is 10.1. The Labute approximate surface area is 183 Å². The normalized spacial score (nSPS) is 15.5. The van der Waals surface area contributed by atoms with E-state index in [-0.39, 0.29) is 5.91 Å². The number of carbonyl (C=O) groups is 1. The van der Waals surface area contributed by atoms with E-state index in [0.29, 0.717) is 29.8 Å². The van der Waals surface area contributed by atoms with E-state index in [1.54, 1.807) is 12.1 Å². The van der Waals surface area contributed by atoms with Crippen molar-refractivity contribution in [2.45, 2.75) is 33.1 Å². The average molecular weight is 419 g/mol. The first kappa shape index (κ1) is 21.2. The van der Waals surface area contributed by atoms with E-state index in [4.69, 9.17) is 4.42 Å². The molecular formula is C25H30N4O2. The van der Waals surface area contributed by atoms with E-state index in [2.05, 4.69) is 27.3 Å². The molecule has 1 aliphatic heterocycles. The standard InChI is InChI=1S/C25H30N4O2/c1-18(17-29-14-6-3-7-15-29)16-26-23(30)20-10-12-21(13-11-20)24-27-28-25(31-24)22-9-5-4-8-19(22)2/h4-5,8-13,18H,3,6-7,14-17H2,1-2H3,(H,26,30). The predicted molar refractivity (Wildman–Crippen MR) is 122 cm³/mol. The van der Waals surface area contributed by atoms with E-state index in [0.717, 1.165) is 23.2 Å². The molecule has 4 rings (SSSR count). The third-order valence-corrected chi connectivity index (χ3v) is 5.82. The van der Waals surface area contributed by atoms with Crippen molar-refractivity contribution < 1.29 is 9.21 Å². The number of benzene rings is 2. The summed E-state index contributed by atoms with van der Waals surface area (Å²) in [6, 6.07) is 15.2. The Morgan fingerprint density at radius 2 is 1.74 bits per heavy atom. The minimum atomic E-state index is -0.0526. The fourth-order valence-electron chi connectivity index (χ4n) is 4.04. The number of piperidine rings is 1. The Bertz CT molecular complexity index is 1010. The zero-order chi connectivity index (χ0) is 21.6. The molecule has 1 amide bonds. The maximum atomic E-state index is 12.5. The van der Waals surface area contributed by atoms with E-state index in [1.165, 1.54) is 32.4 Å². The summed E-state index contributed by atoms with van der Waals surface area (Å²) in [5.74, 6) is 1.32. The molecule has 1 aliphatic rings. The maximum Gasteiger partial charge on any atom is 0.251 e. The van der Waals surface area contributed by atoms with Gasteiger partial charge in [0.1, 0.15) is 0 Å². The third kappa shape index (κ3) is 5.39. The number of rotatable bonds is 7. The molecule has 1 aromatic heterocycles. The summed E-state index contributed by atoms with van der Waals surface area (Å²) in [7, 11) is 0. The summed E-state index contributed by atoms with van der Waals surface area (Å²) in [5.41, 5.74) is 3.44. The fraction of sp³-hybridized carbons (Fsp3) is 0.400. The molecule has 6 heteroatoms. The van der Waals surface area contributed by atoms with Crippen LogP contribution in [0.3, 0.4) is 0 Å². The van der Waals surface area contributed by atoms with Gasteiger partial charge < -0.3 is 14.6 Å². The lowest BCUT2D eigenvalue weighted by Crippen LogP contribution is -2.38. The lowest BCUT2D eigenvalue weighted by Gasteiger charge is -2.29. The highest BCUT2D eigenvalue weighted by Gasteiger charge is 2.16. The molecule has 31 heavy (non-hydrogen) atoms. The number of aromatic nitrogens is 2. The van der Waals surface area contributed by atoms with Crippen LogP contribution in [0.15, 0.2) is 52.9 Å². The van der Waals surface area contributed by atoms with Gasteiger partial charge in [-0.25, -0.2) is 0 Å². The van der Waals surface area contributed by atoms with Crippen LogP contribution in [0, 0.1) is 12.8 Å². The van der Waals surface area contributed by atoms with Crippen LogP contribution < -0.4 is 5.32 Å². The second-order valence-electron chi connectivity index (χ2n) is 8.48. The van der Waals surface area contributed by atoms with E-state index < -0.39 is 0 Å². The van der Waals surface area contributed by atoms with Gasteiger partial charge in [-0.05, 0) is 74.7 Å². The summed E-state index contributed by atoms with van der Waals surface area (Å²) in [6.07, 6.45) is 3.92. The minimum absolute atomic E-state index is 0.0526. The van der Waals surface area contributed by atoms with Gasteiger partial charge >= 0.3 is 0 Å². The van der Waals surface area contributed by atoms with Crippen molar-refractivity contribution in [1.82, 2.24) is 20.4 Å². The zero-order valence-corrected chi connectivity index (χ0v) is 18.3. The second kappa shape index (κ2) is 9.88. The summed E-state index contributed by atoms with van der Waals surface area (Å²) in [6.45, 7) is 8.29. The molecule has 0 bridgehead atoms. The topological polar surface area (TPSA) is 71.3 Å². The van der Waals surface area contributed by atoms with Crippen molar-refractivity contribution in [3.05, 3.63) is 59.7 Å². The summed E-state index contributed by atoms with van der Waals surface area (Å²) in [5, 5.41) is 11.4. The largest absolute Gasteiger partial charge is 0.416 e. The van der Waals surface area contributed by atoms with Crippen molar-refractivity contribution in [1.29, 1.82) is 0 Å². The molecule has 0 aliphatic carbocycles. The van der Waals surface area contributed by atoms with Crippen LogP contribution in [-0.4, -0.2) is 47.2 Å². The maximum absolute atomic E-state index is 12.5. The molecule has 2 aromatic carbocycles. The van der Waals surface area contributed by atoms with Crippen LogP contribution in [0.25, 0.3) is 22.9 Å². The second-order valence-corrected chi connectivity index (χ2v) is 8.48. The first-order chi connectivity index (χ1) is 15.1. The van der Waals surface area contributed by atoms with Gasteiger partial charge in [0, 0.05) is 29.8 Å². The summed E-state index contributed by atoms with van der Waals surface area (Å²) in [4.78, 5) is 15.0. The summed E-state index contributed by atoms with van der Waals surface area (Å²) < 4.78 is 5.86. The first-order valence-electron chi connectivity index (χ1n) is 11.1. The molecule has 1 saturated heterocycles. The monoisotopic (exact) mass is 418 g/mol. The Hall–Kier alpha value is -2.99. The van der Waals surface area contributed by atoms with Crippen LogP contribution in [0.2, 0.25) is 0 Å². The van der Waals surface area contributed by atoms with E-state index in [1.807, 2.05) is 43.3 Å². The first-order valence-corrected chi connectivity index (χ1v) is 11.1. The number of hydrogen-bond acceptors (Lipinski definition) is 5. The van der Waals surface area contributed by atoms with Gasteiger partial charge in [0.25, 0.3) is 5.91 Å². The number of hydrogen-bond donors (Lipinski definition) is 1. The average Bonchev–Trinajstić information content (AvgIpc) is 3.28. The third-order valence-electron chi connectivity index (χ3n) is 5.82. The van der Waals surface area contributed by atoms with Gasteiger partial charge in [0.05, 0.1) is 0 Å². The molecule has 0 radical (unpaired) electrons. The predicted octanol–water partition coefficient (Wildman–Crippen LogP) is 4.56. The zero-order valence-electron chi connectivity index (χ0n) is 18.3. The highest BCUT2D eigenvalue weighted by Crippen LogP contribution is 2.26. The molecule has 3 aromatic rings. The van der Waals surface area contributed by atoms with E-state index >= 15 is 0 Å². The smallest absolute Gasteiger partial charge is 0.251 e. The van der Waals surface area contributed by atoms with Crippen LogP contribution in [-0.2, 0) is 0 Å². The van der Waals surface area contributed by atoms with Gasteiger partial charge in [-0.3, -0.25) is 4.79 Å². The van der Waals surface area contributed by atoms with E-state index in [9.17, 15) is 4.79 Å². The fourth-order valence-corrected chi connectivity index (χ4v) is 4.04. The van der Waals surface area contributed by atoms with Crippen LogP contribution in [0.4, 0.5) is 0 Å².